The SMILES string of the molecule is Cc1ccc2c(ccc(=O)n2C(=O)N2CCC3(CC2)CCN(c2ccc(Cl)c(Cl)c2)CC3)c1. The van der Waals surface area contributed by atoms with E-state index < -0.39 is 0 Å². The van der Waals surface area contributed by atoms with E-state index in [1.807, 2.05) is 48.2 Å². The molecule has 2 aromatic carbocycles. The highest BCUT2D eigenvalue weighted by Crippen LogP contribution is 2.42. The number of pyridine rings is 1. The predicted molar refractivity (Wildman–Crippen MR) is 135 cm³/mol. The van der Waals surface area contributed by atoms with Gasteiger partial charge in [-0.3, -0.25) is 4.79 Å². The number of aromatic nitrogens is 1. The minimum absolute atomic E-state index is 0.211. The first kappa shape index (κ1) is 22.3. The minimum atomic E-state index is -0.272. The van der Waals surface area contributed by atoms with Crippen LogP contribution in [0.15, 0.2) is 53.3 Å². The summed E-state index contributed by atoms with van der Waals surface area (Å²) >= 11 is 12.3. The summed E-state index contributed by atoms with van der Waals surface area (Å²) < 4.78 is 1.33. The molecule has 0 radical (unpaired) electrons. The van der Waals surface area contributed by atoms with E-state index in [0.29, 0.717) is 28.7 Å². The Kier molecular flexibility index (Phi) is 5.87. The Bertz CT molecular complexity index is 1270. The van der Waals surface area contributed by atoms with Crippen LogP contribution in [0.25, 0.3) is 10.9 Å². The smallest absolute Gasteiger partial charge is 0.331 e. The maximum absolute atomic E-state index is 13.3. The maximum Gasteiger partial charge on any atom is 0.331 e. The number of fused-ring (bicyclic) bond motifs is 1. The first-order valence-corrected chi connectivity index (χ1v) is 12.2. The molecule has 33 heavy (non-hydrogen) atoms. The van der Waals surface area contributed by atoms with Crippen molar-refractivity contribution in [2.45, 2.75) is 32.6 Å². The van der Waals surface area contributed by atoms with Crippen molar-refractivity contribution in [3.63, 3.8) is 0 Å². The Balaban J connectivity index is 1.27. The molecule has 0 bridgehead atoms. The van der Waals surface area contributed by atoms with Crippen LogP contribution in [0.5, 0.6) is 0 Å². The molecule has 2 saturated heterocycles. The fourth-order valence-electron chi connectivity index (χ4n) is 5.30. The van der Waals surface area contributed by atoms with Gasteiger partial charge in [-0.15, -0.1) is 0 Å². The van der Waals surface area contributed by atoms with Crippen molar-refractivity contribution in [2.24, 2.45) is 5.41 Å². The fraction of sp³-hybridized carbons (Fsp3) is 0.385. The van der Waals surface area contributed by atoms with E-state index in [9.17, 15) is 9.59 Å². The minimum Gasteiger partial charge on any atom is -0.371 e. The van der Waals surface area contributed by atoms with E-state index in [-0.39, 0.29) is 17.0 Å². The van der Waals surface area contributed by atoms with Gasteiger partial charge in [-0.1, -0.05) is 34.8 Å². The van der Waals surface area contributed by atoms with Crippen LogP contribution in [0.4, 0.5) is 10.5 Å². The van der Waals surface area contributed by atoms with Crippen LogP contribution in [0.2, 0.25) is 10.0 Å². The first-order chi connectivity index (χ1) is 15.8. The van der Waals surface area contributed by atoms with Crippen LogP contribution >= 0.6 is 23.2 Å². The largest absolute Gasteiger partial charge is 0.371 e. The number of aryl methyl sites for hydroxylation is 1. The summed E-state index contributed by atoms with van der Waals surface area (Å²) in [5.74, 6) is 0. The highest BCUT2D eigenvalue weighted by atomic mass is 35.5. The second-order valence-electron chi connectivity index (χ2n) is 9.42. The van der Waals surface area contributed by atoms with Gasteiger partial charge in [0.25, 0.3) is 5.56 Å². The molecule has 172 valence electrons. The molecule has 1 spiro atoms. The average Bonchev–Trinajstić information content (AvgIpc) is 2.82. The summed E-state index contributed by atoms with van der Waals surface area (Å²) in [6.45, 7) is 5.30. The topological polar surface area (TPSA) is 45.6 Å². The average molecular weight is 484 g/mol. The third-order valence-electron chi connectivity index (χ3n) is 7.43. The zero-order valence-corrected chi connectivity index (χ0v) is 20.2. The Labute approximate surface area is 203 Å². The Morgan fingerprint density at radius 1 is 0.848 bits per heavy atom. The van der Waals surface area contributed by atoms with E-state index in [2.05, 4.69) is 4.90 Å². The number of amides is 1. The predicted octanol–water partition coefficient (Wildman–Crippen LogP) is 5.97. The van der Waals surface area contributed by atoms with Crippen molar-refractivity contribution >= 4 is 45.8 Å². The molecule has 1 amide bonds. The Morgan fingerprint density at radius 3 is 2.24 bits per heavy atom. The van der Waals surface area contributed by atoms with Gasteiger partial charge in [-0.05, 0) is 79.8 Å². The molecule has 0 N–H and O–H groups in total. The van der Waals surface area contributed by atoms with Crippen molar-refractivity contribution in [2.75, 3.05) is 31.1 Å². The summed E-state index contributed by atoms with van der Waals surface area (Å²) in [5, 5.41) is 2.07. The van der Waals surface area contributed by atoms with E-state index in [4.69, 9.17) is 23.2 Å². The number of halogens is 2. The molecule has 2 aliphatic heterocycles. The number of hydrogen-bond acceptors (Lipinski definition) is 3. The maximum atomic E-state index is 13.3. The molecule has 5 rings (SSSR count). The van der Waals surface area contributed by atoms with Crippen molar-refractivity contribution in [3.05, 3.63) is 74.5 Å². The van der Waals surface area contributed by atoms with Gasteiger partial charge in [0.05, 0.1) is 15.6 Å². The van der Waals surface area contributed by atoms with E-state index in [1.54, 1.807) is 6.07 Å². The molecule has 3 heterocycles. The Hall–Kier alpha value is -2.50. The van der Waals surface area contributed by atoms with Crippen molar-refractivity contribution in [1.29, 1.82) is 0 Å². The summed E-state index contributed by atoms with van der Waals surface area (Å²) in [5.41, 5.74) is 2.87. The molecule has 2 fully saturated rings. The van der Waals surface area contributed by atoms with Crippen molar-refractivity contribution in [1.82, 2.24) is 9.47 Å². The molecule has 0 saturated carbocycles. The molecule has 7 heteroatoms. The van der Waals surface area contributed by atoms with Gasteiger partial charge in [0.15, 0.2) is 0 Å². The standard InChI is InChI=1S/C26H27Cl2N3O2/c1-18-2-6-23-19(16-18)3-7-24(32)31(23)25(33)30-14-10-26(11-15-30)8-12-29(13-9-26)20-4-5-21(27)22(28)17-20/h2-7,16-17H,8-15H2,1H3. The van der Waals surface area contributed by atoms with Gasteiger partial charge in [0.2, 0.25) is 0 Å². The highest BCUT2D eigenvalue weighted by molar-refractivity contribution is 6.42. The number of piperidine rings is 2. The van der Waals surface area contributed by atoms with Gasteiger partial charge in [-0.25, -0.2) is 9.36 Å². The molecular formula is C26H27Cl2N3O2. The lowest BCUT2D eigenvalue weighted by molar-refractivity contribution is 0.0940. The van der Waals surface area contributed by atoms with Gasteiger partial charge >= 0.3 is 6.03 Å². The molecular weight excluding hydrogens is 457 g/mol. The number of carbonyl (C=O) groups is 1. The number of carbonyl (C=O) groups excluding carboxylic acids is 1. The van der Waals surface area contributed by atoms with Crippen molar-refractivity contribution in [3.8, 4) is 0 Å². The number of hydrogen-bond donors (Lipinski definition) is 0. The van der Waals surface area contributed by atoms with Gasteiger partial charge in [0.1, 0.15) is 0 Å². The fourth-order valence-corrected chi connectivity index (χ4v) is 5.59. The van der Waals surface area contributed by atoms with Crippen LogP contribution in [0, 0.1) is 12.3 Å². The molecule has 0 unspecified atom stereocenters. The third kappa shape index (κ3) is 4.24. The second kappa shape index (κ2) is 8.69. The van der Waals surface area contributed by atoms with Crippen LogP contribution < -0.4 is 10.5 Å². The number of nitrogens with zero attached hydrogens (tertiary/aromatic N) is 3. The summed E-state index contributed by atoms with van der Waals surface area (Å²) in [6.07, 6.45) is 4.10. The summed E-state index contributed by atoms with van der Waals surface area (Å²) in [4.78, 5) is 30.2. The molecule has 1 aromatic heterocycles. The van der Waals surface area contributed by atoms with Gasteiger partial charge in [-0.2, -0.15) is 0 Å². The van der Waals surface area contributed by atoms with Gasteiger partial charge in [0, 0.05) is 37.9 Å². The Morgan fingerprint density at radius 2 is 1.55 bits per heavy atom. The van der Waals surface area contributed by atoms with Crippen LogP contribution in [0.3, 0.4) is 0 Å². The zero-order chi connectivity index (χ0) is 23.2. The third-order valence-corrected chi connectivity index (χ3v) is 8.17. The van der Waals surface area contributed by atoms with Crippen LogP contribution in [-0.2, 0) is 0 Å². The lowest BCUT2D eigenvalue weighted by atomic mass is 9.71. The molecule has 5 nitrogen and oxygen atoms in total. The van der Waals surface area contributed by atoms with Crippen LogP contribution in [-0.4, -0.2) is 41.7 Å². The van der Waals surface area contributed by atoms with Crippen LogP contribution in [0.1, 0.15) is 31.2 Å². The highest BCUT2D eigenvalue weighted by Gasteiger charge is 2.39. The second-order valence-corrected chi connectivity index (χ2v) is 10.2. The van der Waals surface area contributed by atoms with E-state index >= 15 is 0 Å². The molecule has 3 aromatic rings. The first-order valence-electron chi connectivity index (χ1n) is 11.5. The monoisotopic (exact) mass is 483 g/mol. The quantitative estimate of drug-likeness (QED) is 0.428. The lowest BCUT2D eigenvalue weighted by Crippen LogP contribution is -2.50. The summed E-state index contributed by atoms with van der Waals surface area (Å²) in [6, 6.07) is 14.7. The number of likely N-dealkylation sites (tertiary alicyclic amines) is 1. The van der Waals surface area contributed by atoms with Crippen molar-refractivity contribution < 1.29 is 4.79 Å². The molecule has 0 atom stereocenters. The van der Waals surface area contributed by atoms with E-state index in [0.717, 1.165) is 55.4 Å². The van der Waals surface area contributed by atoms with E-state index in [1.165, 1.54) is 10.6 Å². The number of rotatable bonds is 1. The molecule has 0 aliphatic carbocycles. The molecule has 2 aliphatic rings. The number of benzene rings is 2. The number of anilines is 1. The summed E-state index contributed by atoms with van der Waals surface area (Å²) in [7, 11) is 0. The lowest BCUT2D eigenvalue weighted by Gasteiger charge is -2.47. The normalized spacial score (nSPS) is 18.2. The zero-order valence-electron chi connectivity index (χ0n) is 18.7. The van der Waals surface area contributed by atoms with Gasteiger partial charge < -0.3 is 9.80 Å².